The number of fused-ring (bicyclic) bond motifs is 1. The van der Waals surface area contributed by atoms with Crippen molar-refractivity contribution in [3.63, 3.8) is 0 Å². The highest BCUT2D eigenvalue weighted by Crippen LogP contribution is 2.28. The van der Waals surface area contributed by atoms with Gasteiger partial charge < -0.3 is 9.47 Å². The number of nitrogens with one attached hydrogen (secondary N) is 1. The molecule has 0 radical (unpaired) electrons. The molecule has 0 spiro atoms. The molecule has 0 aromatic heterocycles. The van der Waals surface area contributed by atoms with Crippen LogP contribution in [0.5, 0.6) is 11.5 Å². The van der Waals surface area contributed by atoms with Gasteiger partial charge in [0.2, 0.25) is 0 Å². The third-order valence-corrected chi connectivity index (χ3v) is 5.64. The molecule has 0 atom stereocenters. The molecule has 0 saturated carbocycles. The summed E-state index contributed by atoms with van der Waals surface area (Å²) in [6, 6.07) is 25.2. The van der Waals surface area contributed by atoms with E-state index in [0.29, 0.717) is 22.8 Å². The minimum Gasteiger partial charge on any atom is -0.483 e. The number of carbonyl (C=O) groups is 2. The largest absolute Gasteiger partial charge is 0.483 e. The molecule has 0 aliphatic rings. The van der Waals surface area contributed by atoms with Crippen molar-refractivity contribution < 1.29 is 19.1 Å². The highest BCUT2D eigenvalue weighted by molar-refractivity contribution is 6.33. The van der Waals surface area contributed by atoms with E-state index in [1.807, 2.05) is 48.5 Å². The Morgan fingerprint density at radius 1 is 0.917 bits per heavy atom. The number of hydrogen-bond acceptors (Lipinski definition) is 5. The maximum Gasteiger partial charge on any atom is 0.345 e. The van der Waals surface area contributed by atoms with Crippen LogP contribution in [0.2, 0.25) is 5.02 Å². The van der Waals surface area contributed by atoms with E-state index in [0.717, 1.165) is 16.3 Å². The lowest BCUT2D eigenvalue weighted by Crippen LogP contribution is -2.25. The number of amides is 1. The first-order valence-corrected chi connectivity index (χ1v) is 11.6. The number of hydrogen-bond donors (Lipinski definition) is 1. The number of esters is 1. The lowest BCUT2D eigenvalue weighted by Gasteiger charge is -2.11. The fourth-order valence-corrected chi connectivity index (χ4v) is 3.81. The maximum atomic E-state index is 12.8. The molecule has 36 heavy (non-hydrogen) atoms. The van der Waals surface area contributed by atoms with Gasteiger partial charge in [0, 0.05) is 5.56 Å². The van der Waals surface area contributed by atoms with Crippen molar-refractivity contribution in [3.05, 3.63) is 119 Å². The van der Waals surface area contributed by atoms with E-state index in [-0.39, 0.29) is 17.9 Å². The minimum absolute atomic E-state index is 0.213. The quantitative estimate of drug-likeness (QED) is 0.101. The first-order chi connectivity index (χ1) is 17.6. The van der Waals surface area contributed by atoms with Crippen LogP contribution in [0.4, 0.5) is 0 Å². The predicted octanol–water partition coefficient (Wildman–Crippen LogP) is 5.97. The van der Waals surface area contributed by atoms with Crippen LogP contribution < -0.4 is 14.9 Å². The van der Waals surface area contributed by atoms with E-state index in [4.69, 9.17) is 21.1 Å². The molecule has 0 heterocycles. The fraction of sp³-hybridized carbons (Fsp3) is 0.0690. The molecule has 0 aliphatic heterocycles. The number of ether oxygens (including phenoxy) is 2. The van der Waals surface area contributed by atoms with E-state index >= 15 is 0 Å². The molecule has 4 aromatic rings. The zero-order valence-corrected chi connectivity index (χ0v) is 20.1. The second kappa shape index (κ2) is 11.8. The van der Waals surface area contributed by atoms with Crippen molar-refractivity contribution in [2.24, 2.45) is 5.10 Å². The van der Waals surface area contributed by atoms with Crippen molar-refractivity contribution in [2.75, 3.05) is 6.61 Å². The first kappa shape index (κ1) is 24.7. The van der Waals surface area contributed by atoms with E-state index in [2.05, 4.69) is 17.1 Å². The Labute approximate surface area is 213 Å². The summed E-state index contributed by atoms with van der Waals surface area (Å²) in [6.45, 7) is 3.52. The van der Waals surface area contributed by atoms with Gasteiger partial charge >= 0.3 is 5.97 Å². The SMILES string of the molecule is C=CCc1ccccc1OCC(=O)N/N=C/c1c(OC(=O)c2ccccc2Cl)ccc2ccccc12. The van der Waals surface area contributed by atoms with E-state index in [1.54, 1.807) is 42.5 Å². The predicted molar refractivity (Wildman–Crippen MR) is 142 cm³/mol. The molecule has 1 amide bonds. The van der Waals surface area contributed by atoms with Gasteiger partial charge in [0.25, 0.3) is 5.91 Å². The van der Waals surface area contributed by atoms with Gasteiger partial charge in [-0.1, -0.05) is 78.3 Å². The Morgan fingerprint density at radius 2 is 1.67 bits per heavy atom. The van der Waals surface area contributed by atoms with Crippen molar-refractivity contribution in [1.29, 1.82) is 0 Å². The molecule has 180 valence electrons. The second-order valence-electron chi connectivity index (χ2n) is 7.75. The fourth-order valence-electron chi connectivity index (χ4n) is 3.59. The molecule has 0 aliphatic carbocycles. The Kier molecular flexibility index (Phi) is 8.11. The van der Waals surface area contributed by atoms with Crippen LogP contribution in [0, 0.1) is 0 Å². The highest BCUT2D eigenvalue weighted by atomic mass is 35.5. The van der Waals surface area contributed by atoms with Crippen LogP contribution in [0.3, 0.4) is 0 Å². The Bertz CT molecular complexity index is 1450. The van der Waals surface area contributed by atoms with Gasteiger partial charge in [-0.3, -0.25) is 4.79 Å². The molecular formula is C29H23ClN2O4. The molecule has 1 N–H and O–H groups in total. The number of para-hydroxylation sites is 1. The van der Waals surface area contributed by atoms with Gasteiger partial charge in [-0.2, -0.15) is 5.10 Å². The van der Waals surface area contributed by atoms with Crippen molar-refractivity contribution in [1.82, 2.24) is 5.43 Å². The van der Waals surface area contributed by atoms with Crippen LogP contribution >= 0.6 is 11.6 Å². The number of allylic oxidation sites excluding steroid dienone is 1. The zero-order valence-electron chi connectivity index (χ0n) is 19.3. The van der Waals surface area contributed by atoms with Gasteiger partial charge in [0.05, 0.1) is 16.8 Å². The van der Waals surface area contributed by atoms with Gasteiger partial charge in [-0.05, 0) is 47.0 Å². The standard InChI is InChI=1S/C29H23ClN2O4/c1-2-9-21-11-4-8-15-26(21)35-19-28(33)32-31-18-24-22-12-5-3-10-20(22)16-17-27(24)36-29(34)23-13-6-7-14-25(23)30/h2-8,10-18H,1,9,19H2,(H,32,33)/b31-18+. The molecule has 0 saturated heterocycles. The second-order valence-corrected chi connectivity index (χ2v) is 8.16. The smallest absolute Gasteiger partial charge is 0.345 e. The Balaban J connectivity index is 1.50. The lowest BCUT2D eigenvalue weighted by atomic mass is 10.0. The summed E-state index contributed by atoms with van der Waals surface area (Å²) in [5.74, 6) is -0.138. The Morgan fingerprint density at radius 3 is 2.50 bits per heavy atom. The number of benzene rings is 4. The molecule has 0 bridgehead atoms. The maximum absolute atomic E-state index is 12.8. The van der Waals surface area contributed by atoms with E-state index in [9.17, 15) is 9.59 Å². The summed E-state index contributed by atoms with van der Waals surface area (Å²) in [7, 11) is 0. The lowest BCUT2D eigenvalue weighted by molar-refractivity contribution is -0.123. The summed E-state index contributed by atoms with van der Waals surface area (Å²) < 4.78 is 11.3. The molecule has 7 heteroatoms. The summed E-state index contributed by atoms with van der Waals surface area (Å²) in [5.41, 5.74) is 4.18. The van der Waals surface area contributed by atoms with Crippen molar-refractivity contribution in [3.8, 4) is 11.5 Å². The molecule has 4 aromatic carbocycles. The molecule has 0 fully saturated rings. The van der Waals surface area contributed by atoms with Gasteiger partial charge in [-0.15, -0.1) is 6.58 Å². The summed E-state index contributed by atoms with van der Waals surface area (Å²) in [5, 5.41) is 6.10. The topological polar surface area (TPSA) is 77.0 Å². The van der Waals surface area contributed by atoms with E-state index < -0.39 is 11.9 Å². The monoisotopic (exact) mass is 498 g/mol. The number of carbonyl (C=O) groups excluding carboxylic acids is 2. The van der Waals surface area contributed by atoms with Crippen molar-refractivity contribution in [2.45, 2.75) is 6.42 Å². The molecule has 6 nitrogen and oxygen atoms in total. The molecule has 4 rings (SSSR count). The van der Waals surface area contributed by atoms with Crippen molar-refractivity contribution >= 4 is 40.5 Å². The zero-order chi connectivity index (χ0) is 25.3. The normalized spacial score (nSPS) is 10.8. The van der Waals surface area contributed by atoms with Gasteiger partial charge in [0.15, 0.2) is 6.61 Å². The average Bonchev–Trinajstić information content (AvgIpc) is 2.89. The Hall–Kier alpha value is -4.42. The number of hydrazone groups is 1. The summed E-state index contributed by atoms with van der Waals surface area (Å²) >= 11 is 6.15. The number of rotatable bonds is 9. The van der Waals surface area contributed by atoms with Gasteiger partial charge in [-0.25, -0.2) is 10.2 Å². The third-order valence-electron chi connectivity index (χ3n) is 5.31. The number of nitrogens with zero attached hydrogens (tertiary/aromatic N) is 1. The summed E-state index contributed by atoms with van der Waals surface area (Å²) in [6.07, 6.45) is 3.85. The highest BCUT2D eigenvalue weighted by Gasteiger charge is 2.16. The first-order valence-electron chi connectivity index (χ1n) is 11.2. The third kappa shape index (κ3) is 5.98. The number of halogens is 1. The summed E-state index contributed by atoms with van der Waals surface area (Å²) in [4.78, 5) is 25.1. The minimum atomic E-state index is -0.596. The van der Waals surface area contributed by atoms with Crippen LogP contribution in [-0.4, -0.2) is 24.7 Å². The molecule has 0 unspecified atom stereocenters. The van der Waals surface area contributed by atoms with Crippen LogP contribution in [0.15, 0.2) is 103 Å². The molecular weight excluding hydrogens is 476 g/mol. The average molecular weight is 499 g/mol. The van der Waals surface area contributed by atoms with Crippen LogP contribution in [0.25, 0.3) is 10.8 Å². The van der Waals surface area contributed by atoms with Crippen LogP contribution in [-0.2, 0) is 11.2 Å². The van der Waals surface area contributed by atoms with Crippen LogP contribution in [0.1, 0.15) is 21.5 Å². The van der Waals surface area contributed by atoms with Gasteiger partial charge in [0.1, 0.15) is 11.5 Å². The van der Waals surface area contributed by atoms with E-state index in [1.165, 1.54) is 6.21 Å².